The van der Waals surface area contributed by atoms with E-state index in [2.05, 4.69) is 10.2 Å². The lowest BCUT2D eigenvalue weighted by molar-refractivity contribution is -0.243. The van der Waals surface area contributed by atoms with Crippen LogP contribution in [-0.4, -0.2) is 157 Å². The van der Waals surface area contributed by atoms with Gasteiger partial charge in [-0.15, -0.1) is 0 Å². The van der Waals surface area contributed by atoms with E-state index in [1.807, 2.05) is 0 Å². The molecule has 44 heavy (non-hydrogen) atoms. The summed E-state index contributed by atoms with van der Waals surface area (Å²) < 4.78 is 23.3. The topological polar surface area (TPSA) is 167 Å². The van der Waals surface area contributed by atoms with E-state index in [4.69, 9.17) is 18.9 Å². The number of carbonyl (C=O) groups is 4. The quantitative estimate of drug-likeness (QED) is 0.148. The molecule has 5 heterocycles. The summed E-state index contributed by atoms with van der Waals surface area (Å²) in [6.07, 6.45) is 1.19. The summed E-state index contributed by atoms with van der Waals surface area (Å²) in [4.78, 5) is 54.9. The van der Waals surface area contributed by atoms with Gasteiger partial charge in [-0.1, -0.05) is 6.42 Å². The predicted molar refractivity (Wildman–Crippen MR) is 152 cm³/mol. The number of imide groups is 2. The Balaban J connectivity index is 0.872. The van der Waals surface area contributed by atoms with Crippen molar-refractivity contribution >= 4 is 23.6 Å². The van der Waals surface area contributed by atoms with Crippen LogP contribution < -0.4 is 5.32 Å². The second-order valence-electron chi connectivity index (χ2n) is 13.0. The highest BCUT2D eigenvalue weighted by Crippen LogP contribution is 2.44. The Morgan fingerprint density at radius 1 is 0.864 bits per heavy atom. The number of carbonyl (C=O) groups excluding carboxylic acids is 4. The second kappa shape index (κ2) is 13.8. The van der Waals surface area contributed by atoms with Crippen LogP contribution in [-0.2, 0) is 38.1 Å². The van der Waals surface area contributed by atoms with Crippen LogP contribution in [0.15, 0.2) is 0 Å². The number of nitrogens with one attached hydrogen (secondary N) is 1. The molecule has 0 aromatic heterocycles. The predicted octanol–water partition coefficient (Wildman–Crippen LogP) is -1.73. The Morgan fingerprint density at radius 3 is 2.18 bits per heavy atom. The molecule has 5 aliphatic heterocycles. The molecule has 2 bridgehead atoms. The molecule has 0 aromatic rings. The molecule has 6 fully saturated rings. The molecule has 0 radical (unpaired) electrons. The third kappa shape index (κ3) is 6.32. The maximum Gasteiger partial charge on any atom is 0.258 e. The number of aliphatic hydroxyl groups is 2. The Kier molecular flexibility index (Phi) is 9.98. The Labute approximate surface area is 257 Å². The van der Waals surface area contributed by atoms with Gasteiger partial charge in [0.25, 0.3) is 5.91 Å². The van der Waals surface area contributed by atoms with Crippen LogP contribution in [0.2, 0.25) is 0 Å². The standard InChI is InChI=1S/C30H46N4O10/c35-23-16-20(19-2-1-3-19)28(39)33(23)10-12-41-14-15-42-13-11-34-24(36)17-22(29(34)40)43-18-30-5-4-21(44-30)25(26(37)27(30)38)32-8-6-31-7-9-32/h19-22,25-27,31,37-38H,1-18H2/t20?,21-,22?,25+,26-,27-,30-/m1/s1. The summed E-state index contributed by atoms with van der Waals surface area (Å²) in [5, 5.41) is 25.4. The first-order chi connectivity index (χ1) is 21.3. The zero-order valence-corrected chi connectivity index (χ0v) is 25.3. The van der Waals surface area contributed by atoms with E-state index in [1.165, 1.54) is 4.90 Å². The first-order valence-corrected chi connectivity index (χ1v) is 16.2. The summed E-state index contributed by atoms with van der Waals surface area (Å²) in [6.45, 7) is 4.26. The molecular weight excluding hydrogens is 576 g/mol. The van der Waals surface area contributed by atoms with E-state index in [0.29, 0.717) is 25.2 Å². The van der Waals surface area contributed by atoms with Gasteiger partial charge in [0, 0.05) is 32.6 Å². The molecule has 6 rings (SSSR count). The Bertz CT molecular complexity index is 1080. The number of amides is 4. The minimum absolute atomic E-state index is 0.0756. The number of hydrogen-bond acceptors (Lipinski definition) is 12. The second-order valence-corrected chi connectivity index (χ2v) is 13.0. The summed E-state index contributed by atoms with van der Waals surface area (Å²) in [6, 6.07) is -0.291. The average Bonchev–Trinajstić information content (AvgIpc) is 3.60. The van der Waals surface area contributed by atoms with E-state index < -0.39 is 29.8 Å². The number of nitrogens with zero attached hydrogens (tertiary/aromatic N) is 3. The molecule has 0 spiro atoms. The molecule has 2 unspecified atom stereocenters. The minimum atomic E-state index is -1.17. The van der Waals surface area contributed by atoms with Crippen molar-refractivity contribution in [2.45, 2.75) is 81.0 Å². The van der Waals surface area contributed by atoms with Gasteiger partial charge in [-0.05, 0) is 31.6 Å². The van der Waals surface area contributed by atoms with Crippen molar-refractivity contribution in [3.8, 4) is 0 Å². The molecule has 7 atom stereocenters. The van der Waals surface area contributed by atoms with E-state index in [1.54, 1.807) is 0 Å². The zero-order valence-electron chi connectivity index (χ0n) is 25.3. The number of likely N-dealkylation sites (tertiary alicyclic amines) is 2. The van der Waals surface area contributed by atoms with Crippen molar-refractivity contribution in [2.75, 3.05) is 72.3 Å². The first-order valence-electron chi connectivity index (χ1n) is 16.2. The number of aliphatic hydroxyl groups excluding tert-OH is 2. The van der Waals surface area contributed by atoms with Crippen molar-refractivity contribution in [3.05, 3.63) is 0 Å². The molecule has 1 aliphatic carbocycles. The van der Waals surface area contributed by atoms with Gasteiger partial charge < -0.3 is 34.5 Å². The fourth-order valence-corrected chi connectivity index (χ4v) is 7.65. The van der Waals surface area contributed by atoms with E-state index in [-0.39, 0.29) is 88.3 Å². The van der Waals surface area contributed by atoms with Crippen LogP contribution in [0.25, 0.3) is 0 Å². The summed E-state index contributed by atoms with van der Waals surface area (Å²) in [7, 11) is 0. The van der Waals surface area contributed by atoms with Crippen molar-refractivity contribution in [1.29, 1.82) is 0 Å². The maximum absolute atomic E-state index is 12.9. The van der Waals surface area contributed by atoms with Crippen LogP contribution >= 0.6 is 0 Å². The number of rotatable bonds is 14. The summed E-state index contributed by atoms with van der Waals surface area (Å²) in [5.41, 5.74) is -1.11. The largest absolute Gasteiger partial charge is 0.389 e. The lowest BCUT2D eigenvalue weighted by Gasteiger charge is -2.49. The molecule has 1 saturated carbocycles. The first kappa shape index (κ1) is 31.9. The van der Waals surface area contributed by atoms with Crippen LogP contribution in [0.5, 0.6) is 0 Å². The Hall–Kier alpha value is -2.04. The molecule has 246 valence electrons. The third-order valence-corrected chi connectivity index (χ3v) is 10.4. The highest BCUT2D eigenvalue weighted by molar-refractivity contribution is 6.05. The van der Waals surface area contributed by atoms with Gasteiger partial charge in [0.05, 0.1) is 70.6 Å². The molecule has 5 saturated heterocycles. The zero-order chi connectivity index (χ0) is 30.8. The molecule has 14 nitrogen and oxygen atoms in total. The number of piperazine rings is 1. The molecule has 4 amide bonds. The maximum atomic E-state index is 12.9. The smallest absolute Gasteiger partial charge is 0.258 e. The molecular formula is C30H46N4O10. The van der Waals surface area contributed by atoms with Gasteiger partial charge in [-0.25, -0.2) is 0 Å². The van der Waals surface area contributed by atoms with Crippen molar-refractivity contribution < 1.29 is 48.3 Å². The fourth-order valence-electron chi connectivity index (χ4n) is 7.65. The van der Waals surface area contributed by atoms with Gasteiger partial charge in [0.1, 0.15) is 23.9 Å². The lowest BCUT2D eigenvalue weighted by atomic mass is 9.75. The average molecular weight is 623 g/mol. The number of ether oxygens (including phenoxy) is 4. The Morgan fingerprint density at radius 2 is 1.52 bits per heavy atom. The molecule has 3 N–H and O–H groups in total. The van der Waals surface area contributed by atoms with Gasteiger partial charge in [-0.3, -0.25) is 33.9 Å². The fraction of sp³-hybridized carbons (Fsp3) is 0.867. The third-order valence-electron chi connectivity index (χ3n) is 10.4. The molecule has 14 heteroatoms. The van der Waals surface area contributed by atoms with Crippen molar-refractivity contribution in [3.63, 3.8) is 0 Å². The van der Waals surface area contributed by atoms with Crippen LogP contribution in [0.1, 0.15) is 44.9 Å². The minimum Gasteiger partial charge on any atom is -0.389 e. The molecule has 0 aromatic carbocycles. The van der Waals surface area contributed by atoms with Crippen LogP contribution in [0.4, 0.5) is 0 Å². The van der Waals surface area contributed by atoms with Crippen molar-refractivity contribution in [1.82, 2.24) is 20.0 Å². The van der Waals surface area contributed by atoms with E-state index in [0.717, 1.165) is 50.3 Å². The van der Waals surface area contributed by atoms with Gasteiger partial charge in [0.15, 0.2) is 0 Å². The summed E-state index contributed by atoms with van der Waals surface area (Å²) >= 11 is 0. The van der Waals surface area contributed by atoms with Crippen LogP contribution in [0, 0.1) is 11.8 Å². The van der Waals surface area contributed by atoms with Gasteiger partial charge >= 0.3 is 0 Å². The van der Waals surface area contributed by atoms with Gasteiger partial charge in [0.2, 0.25) is 17.7 Å². The van der Waals surface area contributed by atoms with Crippen molar-refractivity contribution in [2.24, 2.45) is 11.8 Å². The highest BCUT2D eigenvalue weighted by atomic mass is 16.6. The van der Waals surface area contributed by atoms with Gasteiger partial charge in [-0.2, -0.15) is 0 Å². The van der Waals surface area contributed by atoms with E-state index >= 15 is 0 Å². The monoisotopic (exact) mass is 622 g/mol. The lowest BCUT2D eigenvalue weighted by Crippen LogP contribution is -2.67. The normalized spacial score (nSPS) is 36.6. The highest BCUT2D eigenvalue weighted by Gasteiger charge is 2.59. The van der Waals surface area contributed by atoms with E-state index in [9.17, 15) is 29.4 Å². The SMILES string of the molecule is O=C1CC(OC[C@@]23CC[C@@H](O2)[C@H](N2CCNCC2)[C@@H](O)[C@H]3O)C(=O)N1CCOCCOCCN1C(=O)CC(C2CCC2)C1=O. The number of fused-ring (bicyclic) bond motifs is 2. The summed E-state index contributed by atoms with van der Waals surface area (Å²) in [5.74, 6) is -0.823. The number of hydrogen-bond donors (Lipinski definition) is 3. The molecule has 6 aliphatic rings. The van der Waals surface area contributed by atoms with Crippen LogP contribution in [0.3, 0.4) is 0 Å².